The number of rotatable bonds is 6. The van der Waals surface area contributed by atoms with Gasteiger partial charge in [0.2, 0.25) is 0 Å². The maximum Gasteiger partial charge on any atom is 0.154 e. The van der Waals surface area contributed by atoms with Crippen molar-refractivity contribution < 1.29 is 8.42 Å². The lowest BCUT2D eigenvalue weighted by molar-refractivity contribution is 0.568. The quantitative estimate of drug-likeness (QED) is 0.753. The molecule has 0 saturated heterocycles. The second-order valence-electron chi connectivity index (χ2n) is 3.92. The summed E-state index contributed by atoms with van der Waals surface area (Å²) in [5.41, 5.74) is 0.810. The second-order valence-corrected chi connectivity index (χ2v) is 6.60. The summed E-state index contributed by atoms with van der Waals surface area (Å²) in [7, 11) is -1.18. The van der Waals surface area contributed by atoms with Crippen LogP contribution in [0.5, 0.6) is 0 Å². The Balaban J connectivity index is 2.55. The third-order valence-electron chi connectivity index (χ3n) is 2.27. The molecule has 0 fully saturated rings. The van der Waals surface area contributed by atoms with Crippen LogP contribution in [0, 0.1) is 0 Å². The fourth-order valence-electron chi connectivity index (χ4n) is 1.17. The summed E-state index contributed by atoms with van der Waals surface area (Å²) in [5, 5.41) is 10.4. The highest BCUT2D eigenvalue weighted by molar-refractivity contribution is 7.91. The molecule has 16 heavy (non-hydrogen) atoms. The van der Waals surface area contributed by atoms with Crippen LogP contribution < -0.4 is 5.32 Å². The Kier molecular flexibility index (Phi) is 4.43. The molecule has 7 heteroatoms. The normalized spacial score (nSPS) is 12.2. The Morgan fingerprint density at radius 2 is 2.19 bits per heavy atom. The molecular weight excluding hydrogens is 228 g/mol. The molecule has 1 heterocycles. The van der Waals surface area contributed by atoms with Gasteiger partial charge in [-0.15, -0.1) is 5.10 Å². The van der Waals surface area contributed by atoms with E-state index in [1.54, 1.807) is 24.7 Å². The Morgan fingerprint density at radius 3 is 2.75 bits per heavy atom. The van der Waals surface area contributed by atoms with Gasteiger partial charge >= 0.3 is 0 Å². The van der Waals surface area contributed by atoms with Crippen LogP contribution in [0.15, 0.2) is 6.20 Å². The molecule has 1 rings (SSSR count). The van der Waals surface area contributed by atoms with Crippen molar-refractivity contribution in [2.24, 2.45) is 0 Å². The number of nitrogens with one attached hydrogen (secondary N) is 1. The standard InChI is InChI=1S/C9H18N4O2S/c1-8(2)16(14,15)5-4-13-7-9(6-10-3)11-12-13/h7-8,10H,4-6H2,1-3H3. The highest BCUT2D eigenvalue weighted by atomic mass is 32.2. The maximum absolute atomic E-state index is 11.6. The van der Waals surface area contributed by atoms with Crippen molar-refractivity contribution >= 4 is 9.84 Å². The van der Waals surface area contributed by atoms with Gasteiger partial charge < -0.3 is 5.32 Å². The van der Waals surface area contributed by atoms with E-state index in [2.05, 4.69) is 15.6 Å². The van der Waals surface area contributed by atoms with Crippen LogP contribution in [-0.4, -0.2) is 41.5 Å². The van der Waals surface area contributed by atoms with Gasteiger partial charge in [0, 0.05) is 12.7 Å². The third kappa shape index (κ3) is 3.57. The first kappa shape index (κ1) is 13.1. The fourth-order valence-corrected chi connectivity index (χ4v) is 2.08. The fraction of sp³-hybridized carbons (Fsp3) is 0.778. The van der Waals surface area contributed by atoms with Gasteiger partial charge in [-0.25, -0.2) is 8.42 Å². The molecule has 0 aliphatic rings. The van der Waals surface area contributed by atoms with Gasteiger partial charge in [-0.05, 0) is 20.9 Å². The lowest BCUT2D eigenvalue weighted by Crippen LogP contribution is -2.21. The van der Waals surface area contributed by atoms with Gasteiger partial charge in [-0.2, -0.15) is 0 Å². The molecule has 0 bridgehead atoms. The third-order valence-corrected chi connectivity index (χ3v) is 4.46. The van der Waals surface area contributed by atoms with E-state index < -0.39 is 9.84 Å². The van der Waals surface area contributed by atoms with E-state index in [0.29, 0.717) is 13.1 Å². The molecule has 1 N–H and O–H groups in total. The molecule has 0 spiro atoms. The first-order valence-corrected chi connectivity index (χ1v) is 6.92. The van der Waals surface area contributed by atoms with Gasteiger partial charge in [0.05, 0.1) is 23.2 Å². The number of aryl methyl sites for hydroxylation is 1. The molecule has 0 atom stereocenters. The summed E-state index contributed by atoms with van der Waals surface area (Å²) in [6, 6.07) is 0. The summed E-state index contributed by atoms with van der Waals surface area (Å²) in [5.74, 6) is 0.104. The van der Waals surface area contributed by atoms with Crippen molar-refractivity contribution in [2.45, 2.75) is 32.2 Å². The monoisotopic (exact) mass is 246 g/mol. The number of hydrogen-bond donors (Lipinski definition) is 1. The van der Waals surface area contributed by atoms with Crippen LogP contribution in [0.2, 0.25) is 0 Å². The van der Waals surface area contributed by atoms with E-state index in [-0.39, 0.29) is 11.0 Å². The van der Waals surface area contributed by atoms with Gasteiger partial charge in [0.25, 0.3) is 0 Å². The van der Waals surface area contributed by atoms with Crippen LogP contribution in [0.1, 0.15) is 19.5 Å². The SMILES string of the molecule is CNCc1cn(CCS(=O)(=O)C(C)C)nn1. The molecule has 0 unspecified atom stereocenters. The zero-order valence-corrected chi connectivity index (χ0v) is 10.7. The topological polar surface area (TPSA) is 76.9 Å². The van der Waals surface area contributed by atoms with Crippen LogP contribution in [0.4, 0.5) is 0 Å². The van der Waals surface area contributed by atoms with Crippen molar-refractivity contribution in [3.63, 3.8) is 0 Å². The molecule has 0 amide bonds. The first-order valence-electron chi connectivity index (χ1n) is 5.21. The minimum absolute atomic E-state index is 0.104. The number of sulfone groups is 1. The summed E-state index contributed by atoms with van der Waals surface area (Å²) >= 11 is 0. The molecule has 0 saturated carbocycles. The average Bonchev–Trinajstić information content (AvgIpc) is 2.63. The average molecular weight is 246 g/mol. The minimum atomic E-state index is -3.00. The Hall–Kier alpha value is -0.950. The zero-order valence-electron chi connectivity index (χ0n) is 9.84. The minimum Gasteiger partial charge on any atom is -0.314 e. The first-order chi connectivity index (χ1) is 7.45. The van der Waals surface area contributed by atoms with E-state index >= 15 is 0 Å². The Bertz CT molecular complexity index is 424. The van der Waals surface area contributed by atoms with Gasteiger partial charge in [-0.3, -0.25) is 4.68 Å². The van der Waals surface area contributed by atoms with E-state index in [1.165, 1.54) is 0 Å². The van der Waals surface area contributed by atoms with Crippen molar-refractivity contribution in [3.05, 3.63) is 11.9 Å². The van der Waals surface area contributed by atoms with Crippen LogP contribution in [-0.2, 0) is 22.9 Å². The lowest BCUT2D eigenvalue weighted by Gasteiger charge is -2.06. The smallest absolute Gasteiger partial charge is 0.154 e. The Morgan fingerprint density at radius 1 is 1.50 bits per heavy atom. The molecule has 0 aromatic carbocycles. The highest BCUT2D eigenvalue weighted by Crippen LogP contribution is 2.02. The lowest BCUT2D eigenvalue weighted by atomic mass is 10.5. The van der Waals surface area contributed by atoms with Crippen molar-refractivity contribution in [3.8, 4) is 0 Å². The second kappa shape index (κ2) is 5.40. The molecule has 1 aromatic rings. The summed E-state index contributed by atoms with van der Waals surface area (Å²) in [6.07, 6.45) is 1.76. The van der Waals surface area contributed by atoms with E-state index in [0.717, 1.165) is 5.69 Å². The predicted molar refractivity (Wildman–Crippen MR) is 61.7 cm³/mol. The molecule has 0 aliphatic carbocycles. The van der Waals surface area contributed by atoms with Gasteiger partial charge in [0.1, 0.15) is 0 Å². The number of aromatic nitrogens is 3. The summed E-state index contributed by atoms with van der Waals surface area (Å²) < 4.78 is 24.7. The van der Waals surface area contributed by atoms with Crippen molar-refractivity contribution in [1.82, 2.24) is 20.3 Å². The number of hydrogen-bond acceptors (Lipinski definition) is 5. The van der Waals surface area contributed by atoms with Crippen molar-refractivity contribution in [2.75, 3.05) is 12.8 Å². The Labute approximate surface area is 96.0 Å². The van der Waals surface area contributed by atoms with E-state index in [9.17, 15) is 8.42 Å². The molecule has 1 aromatic heterocycles. The number of nitrogens with zero attached hydrogens (tertiary/aromatic N) is 3. The molecule has 92 valence electrons. The maximum atomic E-state index is 11.6. The van der Waals surface area contributed by atoms with Crippen LogP contribution in [0.25, 0.3) is 0 Å². The van der Waals surface area contributed by atoms with Gasteiger partial charge in [-0.1, -0.05) is 5.21 Å². The van der Waals surface area contributed by atoms with Crippen molar-refractivity contribution in [1.29, 1.82) is 0 Å². The summed E-state index contributed by atoms with van der Waals surface area (Å²) in [4.78, 5) is 0. The molecular formula is C9H18N4O2S. The largest absolute Gasteiger partial charge is 0.314 e. The highest BCUT2D eigenvalue weighted by Gasteiger charge is 2.16. The van der Waals surface area contributed by atoms with E-state index in [4.69, 9.17) is 0 Å². The van der Waals surface area contributed by atoms with E-state index in [1.807, 2.05) is 7.05 Å². The molecule has 0 radical (unpaired) electrons. The van der Waals surface area contributed by atoms with Crippen LogP contribution >= 0.6 is 0 Å². The molecule has 6 nitrogen and oxygen atoms in total. The van der Waals surface area contributed by atoms with Crippen LogP contribution in [0.3, 0.4) is 0 Å². The predicted octanol–water partition coefficient (Wildman–Crippen LogP) is -0.179. The zero-order chi connectivity index (χ0) is 12.2. The molecule has 0 aliphatic heterocycles. The summed E-state index contributed by atoms with van der Waals surface area (Å²) in [6.45, 7) is 4.36. The van der Waals surface area contributed by atoms with Gasteiger partial charge in [0.15, 0.2) is 9.84 Å².